The molecule has 24 nitrogen and oxygen atoms in total. The van der Waals surface area contributed by atoms with Crippen molar-refractivity contribution in [2.75, 3.05) is 32.9 Å². The van der Waals surface area contributed by atoms with E-state index in [2.05, 4.69) is 41.9 Å². The molecule has 0 aromatic rings. The van der Waals surface area contributed by atoms with Crippen LogP contribution < -0.4 is 60.6 Å². The minimum Gasteiger partial charge on any atom is -0.480 e. The molecule has 320 valence electrons. The van der Waals surface area contributed by atoms with E-state index in [0.717, 1.165) is 0 Å². The van der Waals surface area contributed by atoms with Gasteiger partial charge in [0.25, 0.3) is 0 Å². The molecule has 0 aliphatic heterocycles. The van der Waals surface area contributed by atoms with Gasteiger partial charge in [-0.25, -0.2) is 4.79 Å². The van der Waals surface area contributed by atoms with Crippen LogP contribution in [0.3, 0.4) is 0 Å². The number of hydrogen-bond acceptors (Lipinski definition) is 13. The number of nitrogens with two attached hydrogens (primary N) is 5. The van der Waals surface area contributed by atoms with Crippen LogP contribution in [0.2, 0.25) is 0 Å². The average Bonchev–Trinajstić information content (AvgIpc) is 3.11. The largest absolute Gasteiger partial charge is 0.480 e. The number of amides is 6. The van der Waals surface area contributed by atoms with E-state index in [1.807, 2.05) is 0 Å². The summed E-state index contributed by atoms with van der Waals surface area (Å²) in [6.07, 6.45) is 0.688. The third-order valence-electron chi connectivity index (χ3n) is 7.90. The molecule has 6 amide bonds. The van der Waals surface area contributed by atoms with E-state index in [9.17, 15) is 54.0 Å². The Morgan fingerprint density at radius 3 is 1.29 bits per heavy atom. The highest BCUT2D eigenvalue weighted by molar-refractivity contribution is 5.97. The molecule has 0 aromatic heterocycles. The number of rotatable bonds is 27. The number of guanidine groups is 2. The Hall–Kier alpha value is -5.33. The number of aliphatic carboxylic acids is 1. The number of nitrogens with zero attached hydrogens (tertiary/aromatic N) is 2. The number of carboxylic acids is 1. The first-order valence-electron chi connectivity index (χ1n) is 17.9. The Morgan fingerprint density at radius 1 is 0.536 bits per heavy atom. The van der Waals surface area contributed by atoms with Gasteiger partial charge >= 0.3 is 5.97 Å². The van der Waals surface area contributed by atoms with Crippen molar-refractivity contribution in [2.24, 2.45) is 50.5 Å². The average molecular weight is 804 g/mol. The number of aliphatic hydroxyl groups is 3. The number of aliphatic imine (C=N–C) groups is 2. The molecule has 0 saturated carbocycles. The van der Waals surface area contributed by atoms with Gasteiger partial charge in [0.1, 0.15) is 36.3 Å². The molecular formula is C32H61N13O11. The lowest BCUT2D eigenvalue weighted by atomic mass is 9.99. The summed E-state index contributed by atoms with van der Waals surface area (Å²) in [5.74, 6) is -8.12. The van der Waals surface area contributed by atoms with Crippen molar-refractivity contribution in [3.8, 4) is 0 Å². The molecule has 0 saturated heterocycles. The lowest BCUT2D eigenvalue weighted by Gasteiger charge is -2.28. The molecule has 56 heavy (non-hydrogen) atoms. The quantitative estimate of drug-likeness (QED) is 0.0208. The number of hydrogen-bond donors (Lipinski definition) is 15. The molecule has 0 heterocycles. The molecule has 0 radical (unpaired) electrons. The van der Waals surface area contributed by atoms with Gasteiger partial charge in [0.2, 0.25) is 35.4 Å². The van der Waals surface area contributed by atoms with Gasteiger partial charge in [-0.3, -0.25) is 38.8 Å². The van der Waals surface area contributed by atoms with Crippen LogP contribution in [0.5, 0.6) is 0 Å². The summed E-state index contributed by atoms with van der Waals surface area (Å²) in [6.45, 7) is 4.08. The number of carbonyl (C=O) groups excluding carboxylic acids is 6. The molecule has 0 aliphatic rings. The fourth-order valence-corrected chi connectivity index (χ4v) is 4.84. The van der Waals surface area contributed by atoms with E-state index in [-0.39, 0.29) is 56.6 Å². The van der Waals surface area contributed by atoms with Gasteiger partial charge in [-0.05, 0) is 43.9 Å². The van der Waals surface area contributed by atoms with Crippen LogP contribution in [-0.2, 0) is 33.6 Å². The normalized spacial score (nSPS) is 14.8. The van der Waals surface area contributed by atoms with E-state index in [0.29, 0.717) is 6.42 Å². The molecule has 7 atom stereocenters. The monoisotopic (exact) mass is 803 g/mol. The highest BCUT2D eigenvalue weighted by atomic mass is 16.4. The maximum Gasteiger partial charge on any atom is 0.326 e. The summed E-state index contributed by atoms with van der Waals surface area (Å²) in [6, 6.07) is -10.0. The molecule has 20 N–H and O–H groups in total. The fourth-order valence-electron chi connectivity index (χ4n) is 4.84. The predicted molar refractivity (Wildman–Crippen MR) is 203 cm³/mol. The van der Waals surface area contributed by atoms with Gasteiger partial charge in [-0.15, -0.1) is 0 Å². The van der Waals surface area contributed by atoms with Crippen LogP contribution in [0.25, 0.3) is 0 Å². The van der Waals surface area contributed by atoms with Crippen LogP contribution in [0.1, 0.15) is 59.8 Å². The molecule has 24 heteroatoms. The first-order chi connectivity index (χ1) is 26.2. The maximum atomic E-state index is 13.5. The summed E-state index contributed by atoms with van der Waals surface area (Å²) >= 11 is 0. The van der Waals surface area contributed by atoms with E-state index in [1.54, 1.807) is 27.7 Å². The number of carbonyl (C=O) groups is 7. The second kappa shape index (κ2) is 26.5. The number of carboxylic acid groups (broad SMARTS) is 1. The van der Waals surface area contributed by atoms with Gasteiger partial charge in [-0.1, -0.05) is 27.7 Å². The SMILES string of the molecule is CC(C)C[C@H](NC(=O)[C@H](CO)NC(=O)[C@H](CO)NC(=O)[C@H](CO)NC(=O)[C@@H](N)CCCN=C(N)N)C(=O)N[C@H](C(=O)N[C@@H](CCCN=C(N)N)C(=O)O)C(C)C. The zero-order valence-electron chi connectivity index (χ0n) is 32.2. The van der Waals surface area contributed by atoms with Crippen molar-refractivity contribution < 1.29 is 54.0 Å². The van der Waals surface area contributed by atoms with Crippen LogP contribution in [0.15, 0.2) is 9.98 Å². The Kier molecular flexibility index (Phi) is 24.0. The Balaban J connectivity index is 5.67. The van der Waals surface area contributed by atoms with Gasteiger partial charge in [-0.2, -0.15) is 0 Å². The molecule has 0 fully saturated rings. The summed E-state index contributed by atoms with van der Waals surface area (Å²) in [5.41, 5.74) is 26.9. The zero-order valence-corrected chi connectivity index (χ0v) is 32.2. The highest BCUT2D eigenvalue weighted by Gasteiger charge is 2.34. The third kappa shape index (κ3) is 19.8. The van der Waals surface area contributed by atoms with Gasteiger partial charge in [0, 0.05) is 13.1 Å². The summed E-state index contributed by atoms with van der Waals surface area (Å²) in [5, 5.41) is 53.0. The standard InChI is InChI=1S/C32H61N13O11/c1-15(2)11-19(25(50)45-23(16(3)4)29(54)40-18(30(55)56)8-6-10-39-32(36)37)41-26(51)21(13-47)43-28(53)22(14-48)44-27(52)20(12-46)42-24(49)17(33)7-5-9-38-31(34)35/h15-23,46-48H,5-14,33H2,1-4H3,(H,40,54)(H,41,51)(H,42,49)(H,43,53)(H,44,52)(H,45,50)(H,55,56)(H4,34,35,38)(H4,36,37,39)/t17-,18-,19-,20-,21-,22-,23-/m0/s1. The van der Waals surface area contributed by atoms with E-state index < -0.39 is 109 Å². The smallest absolute Gasteiger partial charge is 0.326 e. The number of nitrogens with one attached hydrogen (secondary N) is 6. The zero-order chi connectivity index (χ0) is 43.1. The van der Waals surface area contributed by atoms with Gasteiger partial charge in [0.05, 0.1) is 25.9 Å². The second-order valence-corrected chi connectivity index (χ2v) is 13.6. The molecule has 0 unspecified atom stereocenters. The molecule has 0 aliphatic carbocycles. The van der Waals surface area contributed by atoms with Crippen molar-refractivity contribution in [3.63, 3.8) is 0 Å². The molecular weight excluding hydrogens is 742 g/mol. The topological polar surface area (TPSA) is 427 Å². The lowest BCUT2D eigenvalue weighted by Crippen LogP contribution is -2.61. The van der Waals surface area contributed by atoms with E-state index in [4.69, 9.17) is 28.7 Å². The fraction of sp³-hybridized carbons (Fsp3) is 0.719. The van der Waals surface area contributed by atoms with Crippen molar-refractivity contribution >= 4 is 53.3 Å². The predicted octanol–water partition coefficient (Wildman–Crippen LogP) is -6.91. The number of aliphatic hydroxyl groups excluding tert-OH is 3. The Bertz CT molecular complexity index is 1370. The Labute approximate surface area is 324 Å². The lowest BCUT2D eigenvalue weighted by molar-refractivity contribution is -0.143. The van der Waals surface area contributed by atoms with Crippen molar-refractivity contribution in [1.82, 2.24) is 31.9 Å². The van der Waals surface area contributed by atoms with E-state index >= 15 is 0 Å². The van der Waals surface area contributed by atoms with Crippen molar-refractivity contribution in [3.05, 3.63) is 0 Å². The first-order valence-corrected chi connectivity index (χ1v) is 17.9. The summed E-state index contributed by atoms with van der Waals surface area (Å²) < 4.78 is 0. The van der Waals surface area contributed by atoms with E-state index in [1.165, 1.54) is 0 Å². The summed E-state index contributed by atoms with van der Waals surface area (Å²) in [4.78, 5) is 97.5. The van der Waals surface area contributed by atoms with Gasteiger partial charge < -0.3 is 81.0 Å². The molecule has 0 rings (SSSR count). The maximum absolute atomic E-state index is 13.5. The van der Waals surface area contributed by atoms with Crippen LogP contribution in [0.4, 0.5) is 0 Å². The highest BCUT2D eigenvalue weighted by Crippen LogP contribution is 2.10. The van der Waals surface area contributed by atoms with Crippen LogP contribution in [-0.4, -0.2) is 149 Å². The molecule has 0 bridgehead atoms. The van der Waals surface area contributed by atoms with Crippen molar-refractivity contribution in [1.29, 1.82) is 0 Å². The third-order valence-corrected chi connectivity index (χ3v) is 7.90. The minimum atomic E-state index is -1.73. The molecule has 0 spiro atoms. The van der Waals surface area contributed by atoms with Crippen molar-refractivity contribution in [2.45, 2.75) is 102 Å². The van der Waals surface area contributed by atoms with Crippen LogP contribution >= 0.6 is 0 Å². The second-order valence-electron chi connectivity index (χ2n) is 13.6. The van der Waals surface area contributed by atoms with Crippen LogP contribution in [0, 0.1) is 11.8 Å². The van der Waals surface area contributed by atoms with Gasteiger partial charge in [0.15, 0.2) is 11.9 Å². The summed E-state index contributed by atoms with van der Waals surface area (Å²) in [7, 11) is 0. The minimum absolute atomic E-state index is 0.0192. The Morgan fingerprint density at radius 2 is 0.911 bits per heavy atom. The molecule has 0 aromatic carbocycles. The first kappa shape index (κ1) is 50.7.